The Morgan fingerprint density at radius 1 is 1.13 bits per heavy atom. The number of anilines is 2. The van der Waals surface area contributed by atoms with Crippen LogP contribution in [-0.4, -0.2) is 40.0 Å². The molecule has 4 aromatic heterocycles. The molecule has 0 aliphatic heterocycles. The molecule has 4 heterocycles. The molecule has 150 valence electrons. The zero-order chi connectivity index (χ0) is 21.1. The van der Waals surface area contributed by atoms with Crippen LogP contribution in [0.1, 0.15) is 0 Å². The van der Waals surface area contributed by atoms with Gasteiger partial charge in [-0.15, -0.1) is 0 Å². The van der Waals surface area contributed by atoms with Gasteiger partial charge in [-0.2, -0.15) is 4.98 Å². The Hall–Kier alpha value is -4.20. The summed E-state index contributed by atoms with van der Waals surface area (Å²) in [6, 6.07) is 9.54. The summed E-state index contributed by atoms with van der Waals surface area (Å²) >= 11 is 0. The Morgan fingerprint density at radius 3 is 2.73 bits per heavy atom. The molecule has 8 heteroatoms. The predicted octanol–water partition coefficient (Wildman–Crippen LogP) is 3.86. The van der Waals surface area contributed by atoms with Gasteiger partial charge >= 0.3 is 0 Å². The van der Waals surface area contributed by atoms with Crippen LogP contribution in [0.15, 0.2) is 61.6 Å². The summed E-state index contributed by atoms with van der Waals surface area (Å²) in [5.41, 5.74) is 4.48. The highest BCUT2D eigenvalue weighted by Crippen LogP contribution is 2.33. The molecule has 0 bridgehead atoms. The number of rotatable bonds is 6. The van der Waals surface area contributed by atoms with Crippen molar-refractivity contribution in [2.24, 2.45) is 0 Å². The number of amides is 1. The molecule has 0 saturated heterocycles. The van der Waals surface area contributed by atoms with Gasteiger partial charge in [-0.1, -0.05) is 6.58 Å². The lowest BCUT2D eigenvalue weighted by molar-refractivity contribution is -0.111. The minimum Gasteiger partial charge on any atom is -0.481 e. The Morgan fingerprint density at radius 2 is 1.97 bits per heavy atom. The van der Waals surface area contributed by atoms with Crippen LogP contribution < -0.4 is 15.4 Å². The SMILES string of the molecule is C=CC(=O)Nc1cc(-c2cnc3[nH]cc(-c4ccnc(NC)c4)c3c2)cc(OC)n1. The second kappa shape index (κ2) is 8.04. The Kier molecular flexibility index (Phi) is 5.13. The quantitative estimate of drug-likeness (QED) is 0.425. The molecule has 0 aliphatic carbocycles. The number of hydrogen-bond donors (Lipinski definition) is 3. The van der Waals surface area contributed by atoms with Crippen molar-refractivity contribution in [1.29, 1.82) is 0 Å². The van der Waals surface area contributed by atoms with Gasteiger partial charge in [0.1, 0.15) is 17.3 Å². The van der Waals surface area contributed by atoms with Crippen LogP contribution >= 0.6 is 0 Å². The molecule has 1 amide bonds. The van der Waals surface area contributed by atoms with E-state index in [-0.39, 0.29) is 5.91 Å². The van der Waals surface area contributed by atoms with Gasteiger partial charge in [0, 0.05) is 48.2 Å². The van der Waals surface area contributed by atoms with Crippen LogP contribution in [-0.2, 0) is 4.79 Å². The predicted molar refractivity (Wildman–Crippen MR) is 117 cm³/mol. The van der Waals surface area contributed by atoms with E-state index in [1.807, 2.05) is 31.4 Å². The second-order valence-electron chi connectivity index (χ2n) is 6.48. The maximum atomic E-state index is 11.7. The molecular formula is C22H20N6O2. The molecular weight excluding hydrogens is 380 g/mol. The number of nitrogens with one attached hydrogen (secondary N) is 3. The third-order valence-electron chi connectivity index (χ3n) is 4.64. The lowest BCUT2D eigenvalue weighted by atomic mass is 10.0. The largest absolute Gasteiger partial charge is 0.481 e. The highest BCUT2D eigenvalue weighted by molar-refractivity contribution is 5.99. The van der Waals surface area contributed by atoms with Crippen LogP contribution in [0.5, 0.6) is 5.88 Å². The average Bonchev–Trinajstić information content (AvgIpc) is 3.22. The average molecular weight is 400 g/mol. The second-order valence-corrected chi connectivity index (χ2v) is 6.48. The lowest BCUT2D eigenvalue weighted by Crippen LogP contribution is -2.09. The number of carbonyl (C=O) groups excluding carboxylic acids is 1. The van der Waals surface area contributed by atoms with Gasteiger partial charge < -0.3 is 20.4 Å². The van der Waals surface area contributed by atoms with Crippen LogP contribution in [0.4, 0.5) is 11.6 Å². The van der Waals surface area contributed by atoms with Gasteiger partial charge in [-0.25, -0.2) is 9.97 Å². The van der Waals surface area contributed by atoms with Crippen LogP contribution in [0, 0.1) is 0 Å². The van der Waals surface area contributed by atoms with Crippen molar-refractivity contribution in [3.63, 3.8) is 0 Å². The number of ether oxygens (including phenoxy) is 1. The fourth-order valence-electron chi connectivity index (χ4n) is 3.15. The van der Waals surface area contributed by atoms with Crippen LogP contribution in [0.25, 0.3) is 33.3 Å². The molecule has 8 nitrogen and oxygen atoms in total. The summed E-state index contributed by atoms with van der Waals surface area (Å²) in [6.07, 6.45) is 6.65. The molecule has 0 saturated carbocycles. The number of nitrogens with zero attached hydrogens (tertiary/aromatic N) is 3. The molecule has 4 aromatic rings. The van der Waals surface area contributed by atoms with Gasteiger partial charge in [0.25, 0.3) is 0 Å². The zero-order valence-electron chi connectivity index (χ0n) is 16.6. The maximum absolute atomic E-state index is 11.7. The van der Waals surface area contributed by atoms with Crippen molar-refractivity contribution in [2.75, 3.05) is 24.8 Å². The number of pyridine rings is 3. The zero-order valence-corrected chi connectivity index (χ0v) is 16.6. The fraction of sp³-hybridized carbons (Fsp3) is 0.0909. The smallest absolute Gasteiger partial charge is 0.248 e. The number of carbonyl (C=O) groups is 1. The van der Waals surface area contributed by atoms with Gasteiger partial charge in [-0.3, -0.25) is 4.79 Å². The number of H-pyrrole nitrogens is 1. The van der Waals surface area contributed by atoms with Crippen molar-refractivity contribution in [3.8, 4) is 28.1 Å². The number of fused-ring (bicyclic) bond motifs is 1. The van der Waals surface area contributed by atoms with Crippen molar-refractivity contribution in [2.45, 2.75) is 0 Å². The molecule has 0 spiro atoms. The topological polar surface area (TPSA) is 105 Å². The highest BCUT2D eigenvalue weighted by atomic mass is 16.5. The molecule has 0 aromatic carbocycles. The maximum Gasteiger partial charge on any atom is 0.248 e. The number of methoxy groups -OCH3 is 1. The van der Waals surface area contributed by atoms with E-state index < -0.39 is 0 Å². The standard InChI is InChI=1S/C22H20N6O2/c1-4-20(29)27-19-9-14(10-21(28-19)30-3)15-7-16-17(12-26-22(16)25-11-15)13-5-6-24-18(8-13)23-2/h4-12H,1H2,2-3H3,(H,23,24)(H,25,26)(H,27,28,29). The first-order chi connectivity index (χ1) is 14.6. The van der Waals surface area contributed by atoms with E-state index in [4.69, 9.17) is 4.74 Å². The minimum atomic E-state index is -0.346. The van der Waals surface area contributed by atoms with Gasteiger partial charge in [0.15, 0.2) is 0 Å². The summed E-state index contributed by atoms with van der Waals surface area (Å²) in [7, 11) is 3.36. The summed E-state index contributed by atoms with van der Waals surface area (Å²) in [5, 5.41) is 6.69. The van der Waals surface area contributed by atoms with E-state index in [1.54, 1.807) is 24.5 Å². The molecule has 0 fully saturated rings. The third kappa shape index (κ3) is 3.70. The van der Waals surface area contributed by atoms with Crippen LogP contribution in [0.3, 0.4) is 0 Å². The Bertz CT molecular complexity index is 1250. The van der Waals surface area contributed by atoms with E-state index >= 15 is 0 Å². The van der Waals surface area contributed by atoms with E-state index in [0.717, 1.165) is 39.1 Å². The fourth-order valence-corrected chi connectivity index (χ4v) is 3.15. The van der Waals surface area contributed by atoms with Gasteiger partial charge in [0.2, 0.25) is 11.8 Å². The monoisotopic (exact) mass is 400 g/mol. The molecule has 0 atom stereocenters. The minimum absolute atomic E-state index is 0.346. The number of hydrogen-bond acceptors (Lipinski definition) is 6. The lowest BCUT2D eigenvalue weighted by Gasteiger charge is -2.09. The molecule has 0 unspecified atom stereocenters. The van der Waals surface area contributed by atoms with Crippen molar-refractivity contribution in [3.05, 3.63) is 61.6 Å². The van der Waals surface area contributed by atoms with E-state index in [1.165, 1.54) is 13.2 Å². The first-order valence-corrected chi connectivity index (χ1v) is 9.22. The van der Waals surface area contributed by atoms with E-state index in [0.29, 0.717) is 11.7 Å². The summed E-state index contributed by atoms with van der Waals surface area (Å²) in [4.78, 5) is 28.0. The molecule has 30 heavy (non-hydrogen) atoms. The van der Waals surface area contributed by atoms with Gasteiger partial charge in [0.05, 0.1) is 7.11 Å². The summed E-state index contributed by atoms with van der Waals surface area (Å²) < 4.78 is 5.29. The first kappa shape index (κ1) is 19.1. The molecule has 0 radical (unpaired) electrons. The summed E-state index contributed by atoms with van der Waals surface area (Å²) in [6.45, 7) is 3.47. The van der Waals surface area contributed by atoms with Crippen molar-refractivity contribution in [1.82, 2.24) is 19.9 Å². The highest BCUT2D eigenvalue weighted by Gasteiger charge is 2.12. The van der Waals surface area contributed by atoms with E-state index in [9.17, 15) is 4.79 Å². The first-order valence-electron chi connectivity index (χ1n) is 9.22. The van der Waals surface area contributed by atoms with Crippen molar-refractivity contribution >= 4 is 28.6 Å². The Labute approximate surface area is 173 Å². The normalized spacial score (nSPS) is 10.6. The van der Waals surface area contributed by atoms with Crippen molar-refractivity contribution < 1.29 is 9.53 Å². The number of aromatic nitrogens is 4. The van der Waals surface area contributed by atoms with Crippen LogP contribution in [0.2, 0.25) is 0 Å². The Balaban J connectivity index is 1.81. The molecule has 0 aliphatic rings. The molecule has 4 rings (SSSR count). The van der Waals surface area contributed by atoms with Gasteiger partial charge in [-0.05, 0) is 41.5 Å². The van der Waals surface area contributed by atoms with E-state index in [2.05, 4.69) is 37.1 Å². The number of aromatic amines is 1. The third-order valence-corrected chi connectivity index (χ3v) is 4.64. The molecule has 3 N–H and O–H groups in total. The summed E-state index contributed by atoms with van der Waals surface area (Å²) in [5.74, 6) is 1.19.